The highest BCUT2D eigenvalue weighted by Crippen LogP contribution is 2.39. The normalized spacial score (nSPS) is 20.8. The van der Waals surface area contributed by atoms with Gasteiger partial charge in [-0.1, -0.05) is 133 Å². The van der Waals surface area contributed by atoms with Crippen LogP contribution in [0.3, 0.4) is 0 Å². The molecule has 1 aliphatic rings. The molecule has 1 aromatic heterocycles. The number of oxazole rings is 1. The third-order valence-corrected chi connectivity index (χ3v) is 9.32. The minimum atomic E-state index is -0.546. The first-order valence-corrected chi connectivity index (χ1v) is 17.4. The van der Waals surface area contributed by atoms with E-state index in [1.807, 2.05) is 97.1 Å². The van der Waals surface area contributed by atoms with Crippen molar-refractivity contribution in [3.63, 3.8) is 0 Å². The van der Waals surface area contributed by atoms with Crippen molar-refractivity contribution >= 4 is 22.9 Å². The van der Waals surface area contributed by atoms with Gasteiger partial charge in [0.25, 0.3) is 5.22 Å². The molecule has 0 radical (unpaired) electrons. The molecule has 0 unspecified atom stereocenters. The van der Waals surface area contributed by atoms with Crippen LogP contribution in [0.2, 0.25) is 0 Å². The quantitative estimate of drug-likeness (QED) is 0.107. The standard InChI is InChI=1S/C41H39NO6S/c1-5-15-30(16-6-1)25-43-29-36-37(44-26-31-17-7-2-8-18-31)38(45-27-32-19-9-3-10-20-32)39(46-28-33-21-11-4-12-22-33)40(47-36)49-41-42-34-23-13-14-24-35(34)48-41/h1-24,36-40H,25-29H2/t36-,37-,38+,39+,40+/m1/s1. The Morgan fingerprint density at radius 2 is 0.980 bits per heavy atom. The highest BCUT2D eigenvalue weighted by molar-refractivity contribution is 7.99. The molecule has 0 bridgehead atoms. The van der Waals surface area contributed by atoms with Crippen LogP contribution in [0, 0.1) is 0 Å². The highest BCUT2D eigenvalue weighted by atomic mass is 32.2. The fraction of sp³-hybridized carbons (Fsp3) is 0.244. The Kier molecular flexibility index (Phi) is 11.5. The lowest BCUT2D eigenvalue weighted by Gasteiger charge is -2.45. The van der Waals surface area contributed by atoms with Gasteiger partial charge in [0.1, 0.15) is 35.4 Å². The third-order valence-electron chi connectivity index (χ3n) is 8.33. The van der Waals surface area contributed by atoms with Crippen LogP contribution in [-0.4, -0.2) is 41.4 Å². The van der Waals surface area contributed by atoms with Gasteiger partial charge in [0.2, 0.25) is 0 Å². The van der Waals surface area contributed by atoms with Crippen LogP contribution >= 0.6 is 11.8 Å². The van der Waals surface area contributed by atoms with Crippen LogP contribution in [-0.2, 0) is 50.1 Å². The summed E-state index contributed by atoms with van der Waals surface area (Å²) in [6, 6.07) is 48.3. The van der Waals surface area contributed by atoms with E-state index in [1.165, 1.54) is 11.8 Å². The molecule has 0 aliphatic carbocycles. The number of hydrogen-bond acceptors (Lipinski definition) is 8. The summed E-state index contributed by atoms with van der Waals surface area (Å²) in [4.78, 5) is 4.76. The molecule has 0 N–H and O–H groups in total. The van der Waals surface area contributed by atoms with Crippen molar-refractivity contribution in [3.05, 3.63) is 168 Å². The van der Waals surface area contributed by atoms with Gasteiger partial charge in [0, 0.05) is 0 Å². The van der Waals surface area contributed by atoms with Gasteiger partial charge in [-0.05, 0) is 46.1 Å². The van der Waals surface area contributed by atoms with Gasteiger partial charge in [-0.15, -0.1) is 0 Å². The van der Waals surface area contributed by atoms with E-state index in [9.17, 15) is 0 Å². The number of hydrogen-bond donors (Lipinski definition) is 0. The number of nitrogens with zero attached hydrogens (tertiary/aromatic N) is 1. The molecule has 5 aromatic carbocycles. The number of aromatic nitrogens is 1. The number of fused-ring (bicyclic) bond motifs is 1. The molecule has 0 amide bonds. The van der Waals surface area contributed by atoms with Gasteiger partial charge >= 0.3 is 0 Å². The van der Waals surface area contributed by atoms with Crippen molar-refractivity contribution in [1.29, 1.82) is 0 Å². The predicted molar refractivity (Wildman–Crippen MR) is 190 cm³/mol. The van der Waals surface area contributed by atoms with Gasteiger partial charge in [0.15, 0.2) is 5.58 Å². The molecule has 1 fully saturated rings. The molecule has 2 heterocycles. The fourth-order valence-electron chi connectivity index (χ4n) is 5.84. The second-order valence-electron chi connectivity index (χ2n) is 11.9. The predicted octanol–water partition coefficient (Wildman–Crippen LogP) is 8.62. The molecule has 1 aliphatic heterocycles. The second kappa shape index (κ2) is 16.9. The zero-order valence-electron chi connectivity index (χ0n) is 27.1. The Bertz CT molecular complexity index is 1810. The van der Waals surface area contributed by atoms with Crippen LogP contribution < -0.4 is 0 Å². The van der Waals surface area contributed by atoms with E-state index in [2.05, 4.69) is 48.5 Å². The van der Waals surface area contributed by atoms with Crippen molar-refractivity contribution in [2.24, 2.45) is 0 Å². The number of para-hydroxylation sites is 2. The van der Waals surface area contributed by atoms with E-state index in [0.717, 1.165) is 27.8 Å². The summed E-state index contributed by atoms with van der Waals surface area (Å²) in [5.74, 6) is 0. The molecule has 7 rings (SSSR count). The van der Waals surface area contributed by atoms with E-state index >= 15 is 0 Å². The minimum Gasteiger partial charge on any atom is -0.431 e. The topological polar surface area (TPSA) is 72.2 Å². The molecular weight excluding hydrogens is 635 g/mol. The lowest BCUT2D eigenvalue weighted by atomic mass is 9.98. The summed E-state index contributed by atoms with van der Waals surface area (Å²) in [5, 5.41) is 0.494. The van der Waals surface area contributed by atoms with Crippen LogP contribution in [0.15, 0.2) is 155 Å². The summed E-state index contributed by atoms with van der Waals surface area (Å²) in [7, 11) is 0. The van der Waals surface area contributed by atoms with Gasteiger partial charge in [-0.3, -0.25) is 0 Å². The Balaban J connectivity index is 1.21. The first-order valence-electron chi connectivity index (χ1n) is 16.5. The lowest BCUT2D eigenvalue weighted by molar-refractivity contribution is -0.254. The molecule has 5 atom stereocenters. The average molecular weight is 674 g/mol. The molecular formula is C41H39NO6S. The smallest absolute Gasteiger partial charge is 0.259 e. The van der Waals surface area contributed by atoms with E-state index < -0.39 is 29.9 Å². The van der Waals surface area contributed by atoms with Gasteiger partial charge < -0.3 is 28.1 Å². The van der Waals surface area contributed by atoms with Gasteiger partial charge in [-0.2, -0.15) is 0 Å². The van der Waals surface area contributed by atoms with Crippen LogP contribution in [0.1, 0.15) is 22.3 Å². The van der Waals surface area contributed by atoms with Gasteiger partial charge in [-0.25, -0.2) is 4.98 Å². The summed E-state index contributed by atoms with van der Waals surface area (Å²) in [6.07, 6.45) is -2.06. The maximum atomic E-state index is 6.92. The highest BCUT2D eigenvalue weighted by Gasteiger charge is 2.49. The molecule has 0 saturated carbocycles. The van der Waals surface area contributed by atoms with E-state index in [-0.39, 0.29) is 6.61 Å². The SMILES string of the molecule is c1ccc(COC[C@H]2O[C@@H](Sc3nc4ccccc4o3)[C@@H](OCc3ccccc3)[C@@H](OCc3ccccc3)[C@@H]2OCc2ccccc2)cc1. The molecule has 8 heteroatoms. The summed E-state index contributed by atoms with van der Waals surface area (Å²) in [6.45, 7) is 1.85. The van der Waals surface area contributed by atoms with E-state index in [0.29, 0.717) is 37.2 Å². The molecule has 0 spiro atoms. The second-order valence-corrected chi connectivity index (χ2v) is 12.9. The first kappa shape index (κ1) is 33.2. The summed E-state index contributed by atoms with van der Waals surface area (Å²) < 4.78 is 39.8. The Labute approximate surface area is 291 Å². The zero-order valence-corrected chi connectivity index (χ0v) is 27.9. The average Bonchev–Trinajstić information content (AvgIpc) is 3.57. The monoisotopic (exact) mass is 673 g/mol. The Morgan fingerprint density at radius 3 is 1.53 bits per heavy atom. The number of benzene rings is 5. The molecule has 7 nitrogen and oxygen atoms in total. The number of ether oxygens (including phenoxy) is 5. The van der Waals surface area contributed by atoms with Gasteiger partial charge in [0.05, 0.1) is 33.0 Å². The van der Waals surface area contributed by atoms with Crippen molar-refractivity contribution in [2.45, 2.75) is 61.5 Å². The van der Waals surface area contributed by atoms with E-state index in [1.54, 1.807) is 0 Å². The summed E-state index contributed by atoms with van der Waals surface area (Å²) >= 11 is 1.39. The van der Waals surface area contributed by atoms with Crippen molar-refractivity contribution in [2.75, 3.05) is 6.61 Å². The molecule has 49 heavy (non-hydrogen) atoms. The Morgan fingerprint density at radius 1 is 0.510 bits per heavy atom. The fourth-order valence-corrected chi connectivity index (χ4v) is 6.90. The van der Waals surface area contributed by atoms with Crippen LogP contribution in [0.25, 0.3) is 11.1 Å². The number of thioether (sulfide) groups is 1. The molecule has 1 saturated heterocycles. The molecule has 6 aromatic rings. The van der Waals surface area contributed by atoms with E-state index in [4.69, 9.17) is 33.1 Å². The zero-order chi connectivity index (χ0) is 33.1. The van der Waals surface area contributed by atoms with Crippen molar-refractivity contribution < 1.29 is 28.1 Å². The van der Waals surface area contributed by atoms with Crippen LogP contribution in [0.4, 0.5) is 0 Å². The number of rotatable bonds is 15. The largest absolute Gasteiger partial charge is 0.431 e. The molecule has 250 valence electrons. The maximum absolute atomic E-state index is 6.92. The first-order chi connectivity index (χ1) is 24.3. The maximum Gasteiger partial charge on any atom is 0.259 e. The Hall–Kier alpha value is -4.28. The van der Waals surface area contributed by atoms with Crippen molar-refractivity contribution in [3.8, 4) is 0 Å². The van der Waals surface area contributed by atoms with Crippen molar-refractivity contribution in [1.82, 2.24) is 4.98 Å². The van der Waals surface area contributed by atoms with Crippen LogP contribution in [0.5, 0.6) is 0 Å². The minimum absolute atomic E-state index is 0.287. The summed E-state index contributed by atoms with van der Waals surface area (Å²) in [5.41, 5.74) is 5.19. The lowest BCUT2D eigenvalue weighted by Crippen LogP contribution is -2.60. The third kappa shape index (κ3) is 9.05.